The maximum Gasteiger partial charge on any atom is 0.145 e. The summed E-state index contributed by atoms with van der Waals surface area (Å²) in [5.41, 5.74) is 7.13. The van der Waals surface area contributed by atoms with Crippen molar-refractivity contribution in [3.05, 3.63) is 162 Å². The molecule has 1 aromatic heterocycles. The van der Waals surface area contributed by atoms with Crippen molar-refractivity contribution in [1.82, 2.24) is 0 Å². The highest BCUT2D eigenvalue weighted by molar-refractivity contribution is 7.87. The molecule has 0 atom stereocenters. The standard InChI is InChI=1S/C43H39N2OP/c1-30(2)32-21-25-35(26-22-32)44-29-34-13-11-18-39-40-19-12-20-41(43(40)46-42(34)39)47(37-14-7-5-8-15-37,38-16-9-6-10-17-38)45-36-27-23-33(24-28-36)31(3)4/h5-31H,1-4H3. The molecule has 7 aromatic rings. The van der Waals surface area contributed by atoms with E-state index in [0.29, 0.717) is 11.8 Å². The van der Waals surface area contributed by atoms with Gasteiger partial charge in [-0.1, -0.05) is 137 Å². The van der Waals surface area contributed by atoms with Crippen LogP contribution in [0.4, 0.5) is 11.4 Å². The summed E-state index contributed by atoms with van der Waals surface area (Å²) in [7, 11) is -2.61. The van der Waals surface area contributed by atoms with Crippen LogP contribution in [0.1, 0.15) is 56.2 Å². The Morgan fingerprint density at radius 1 is 0.511 bits per heavy atom. The van der Waals surface area contributed by atoms with Crippen LogP contribution in [0.5, 0.6) is 0 Å². The van der Waals surface area contributed by atoms with E-state index >= 15 is 0 Å². The van der Waals surface area contributed by atoms with Crippen LogP contribution >= 0.6 is 7.05 Å². The third-order valence-electron chi connectivity index (χ3n) is 8.88. The predicted molar refractivity (Wildman–Crippen MR) is 203 cm³/mol. The van der Waals surface area contributed by atoms with Gasteiger partial charge in [-0.05, 0) is 59.4 Å². The molecule has 0 aliphatic rings. The van der Waals surface area contributed by atoms with Crippen LogP contribution in [-0.4, -0.2) is 6.21 Å². The van der Waals surface area contributed by atoms with E-state index in [9.17, 15) is 0 Å². The highest BCUT2D eigenvalue weighted by atomic mass is 31.2. The van der Waals surface area contributed by atoms with E-state index in [0.717, 1.165) is 44.2 Å². The third kappa shape index (κ3) is 5.88. The molecule has 0 spiro atoms. The number of furan rings is 1. The molecule has 0 radical (unpaired) electrons. The van der Waals surface area contributed by atoms with Crippen molar-refractivity contribution >= 4 is 62.5 Å². The zero-order valence-electron chi connectivity index (χ0n) is 27.3. The fourth-order valence-corrected chi connectivity index (χ4v) is 9.90. The Kier molecular flexibility index (Phi) is 8.50. The van der Waals surface area contributed by atoms with Gasteiger partial charge in [0, 0.05) is 38.5 Å². The van der Waals surface area contributed by atoms with Gasteiger partial charge >= 0.3 is 0 Å². The normalized spacial score (nSPS) is 12.1. The number of nitrogens with zero attached hydrogens (tertiary/aromatic N) is 2. The number of rotatable bonds is 8. The summed E-state index contributed by atoms with van der Waals surface area (Å²) in [5.74, 6) is 0.938. The molecule has 0 amide bonds. The second kappa shape index (κ2) is 13.0. The molecule has 0 saturated carbocycles. The number of aliphatic imine (C=N–C) groups is 1. The monoisotopic (exact) mass is 630 g/mol. The van der Waals surface area contributed by atoms with Crippen molar-refractivity contribution in [3.8, 4) is 0 Å². The molecule has 0 bridgehead atoms. The molecule has 4 heteroatoms. The first-order valence-electron chi connectivity index (χ1n) is 16.4. The number of hydrogen-bond donors (Lipinski definition) is 0. The first-order valence-corrected chi connectivity index (χ1v) is 18.1. The summed E-state index contributed by atoms with van der Waals surface area (Å²) in [6, 6.07) is 51.5. The fraction of sp³-hybridized carbons (Fsp3) is 0.140. The zero-order chi connectivity index (χ0) is 32.4. The van der Waals surface area contributed by atoms with Gasteiger partial charge in [0.2, 0.25) is 0 Å². The molecule has 0 fully saturated rings. The Labute approximate surface area is 277 Å². The maximum absolute atomic E-state index is 6.97. The van der Waals surface area contributed by atoms with E-state index in [1.165, 1.54) is 21.7 Å². The van der Waals surface area contributed by atoms with E-state index in [1.54, 1.807) is 0 Å². The molecule has 0 unspecified atom stereocenters. The molecule has 6 aromatic carbocycles. The highest BCUT2D eigenvalue weighted by Gasteiger charge is 2.31. The van der Waals surface area contributed by atoms with Crippen molar-refractivity contribution < 1.29 is 4.42 Å². The molecule has 0 N–H and O–H groups in total. The van der Waals surface area contributed by atoms with Crippen molar-refractivity contribution in [2.45, 2.75) is 39.5 Å². The molecule has 47 heavy (non-hydrogen) atoms. The zero-order valence-corrected chi connectivity index (χ0v) is 28.2. The largest absolute Gasteiger partial charge is 0.455 e. The highest BCUT2D eigenvalue weighted by Crippen LogP contribution is 2.51. The molecule has 232 valence electrons. The lowest BCUT2D eigenvalue weighted by Crippen LogP contribution is -2.25. The van der Waals surface area contributed by atoms with Crippen molar-refractivity contribution in [1.29, 1.82) is 0 Å². The Morgan fingerprint density at radius 2 is 1.02 bits per heavy atom. The molecule has 0 aliphatic carbocycles. The van der Waals surface area contributed by atoms with Gasteiger partial charge in [-0.2, -0.15) is 0 Å². The summed E-state index contributed by atoms with van der Waals surface area (Å²) in [4.78, 5) is 4.84. The van der Waals surface area contributed by atoms with Crippen LogP contribution in [0.3, 0.4) is 0 Å². The third-order valence-corrected chi connectivity index (χ3v) is 12.6. The van der Waals surface area contributed by atoms with E-state index < -0.39 is 7.05 Å². The number of fused-ring (bicyclic) bond motifs is 3. The lowest BCUT2D eigenvalue weighted by atomic mass is 10.0. The molecule has 7 rings (SSSR count). The summed E-state index contributed by atoms with van der Waals surface area (Å²) in [6.07, 6.45) is 1.92. The number of hydrogen-bond acceptors (Lipinski definition) is 3. The Balaban J connectivity index is 1.48. The fourth-order valence-electron chi connectivity index (χ4n) is 6.26. The van der Waals surface area contributed by atoms with Crippen LogP contribution in [0.25, 0.3) is 21.9 Å². The minimum atomic E-state index is -2.61. The van der Waals surface area contributed by atoms with Gasteiger partial charge < -0.3 is 4.42 Å². The van der Waals surface area contributed by atoms with Gasteiger partial charge in [0.1, 0.15) is 11.2 Å². The Morgan fingerprint density at radius 3 is 1.57 bits per heavy atom. The molecule has 3 nitrogen and oxygen atoms in total. The van der Waals surface area contributed by atoms with Gasteiger partial charge in [0.25, 0.3) is 0 Å². The lowest BCUT2D eigenvalue weighted by molar-refractivity contribution is 0.671. The molecular formula is C43H39N2OP. The summed E-state index contributed by atoms with van der Waals surface area (Å²) in [5, 5.41) is 5.61. The average Bonchev–Trinajstić information content (AvgIpc) is 3.50. The van der Waals surface area contributed by atoms with Gasteiger partial charge in [0.15, 0.2) is 0 Å². The SMILES string of the molecule is CC(C)c1ccc(N=Cc2cccc3c2oc2c(P(=Nc4ccc(C(C)C)cc4)(c4ccccc4)c4ccccc4)cccc23)cc1. The topological polar surface area (TPSA) is 37.9 Å². The first-order chi connectivity index (χ1) is 22.9. The van der Waals surface area contributed by atoms with Gasteiger partial charge in [0.05, 0.1) is 18.4 Å². The summed E-state index contributed by atoms with van der Waals surface area (Å²) < 4.78 is 12.7. The number of para-hydroxylation sites is 2. The van der Waals surface area contributed by atoms with Crippen LogP contribution in [0.2, 0.25) is 0 Å². The van der Waals surface area contributed by atoms with E-state index in [-0.39, 0.29) is 0 Å². The molecule has 0 saturated heterocycles. The van der Waals surface area contributed by atoms with Crippen LogP contribution < -0.4 is 15.9 Å². The minimum Gasteiger partial charge on any atom is -0.455 e. The first kappa shape index (κ1) is 30.7. The van der Waals surface area contributed by atoms with Crippen molar-refractivity contribution in [3.63, 3.8) is 0 Å². The van der Waals surface area contributed by atoms with Gasteiger partial charge in [-0.3, -0.25) is 9.74 Å². The van der Waals surface area contributed by atoms with Crippen LogP contribution in [-0.2, 0) is 0 Å². The lowest BCUT2D eigenvalue weighted by Gasteiger charge is -2.27. The second-order valence-electron chi connectivity index (χ2n) is 12.6. The van der Waals surface area contributed by atoms with E-state index in [1.807, 2.05) is 6.21 Å². The van der Waals surface area contributed by atoms with Crippen LogP contribution in [0, 0.1) is 0 Å². The summed E-state index contributed by atoms with van der Waals surface area (Å²) in [6.45, 7) is 8.86. The van der Waals surface area contributed by atoms with Gasteiger partial charge in [-0.15, -0.1) is 0 Å². The van der Waals surface area contributed by atoms with Crippen LogP contribution in [0.15, 0.2) is 160 Å². The second-order valence-corrected chi connectivity index (χ2v) is 15.6. The summed E-state index contributed by atoms with van der Waals surface area (Å²) >= 11 is 0. The van der Waals surface area contributed by atoms with Crippen molar-refractivity contribution in [2.75, 3.05) is 0 Å². The quantitative estimate of drug-likeness (QED) is 0.122. The molecule has 0 aliphatic heterocycles. The predicted octanol–water partition coefficient (Wildman–Crippen LogP) is 11.4. The Bertz CT molecular complexity index is 2180. The smallest absolute Gasteiger partial charge is 0.145 e. The Hall–Kier alpha value is -4.98. The maximum atomic E-state index is 6.97. The minimum absolute atomic E-state index is 0.452. The molecule has 1 heterocycles. The molecular weight excluding hydrogens is 591 g/mol. The number of benzene rings is 6. The van der Waals surface area contributed by atoms with Crippen molar-refractivity contribution in [2.24, 2.45) is 9.74 Å². The van der Waals surface area contributed by atoms with E-state index in [4.69, 9.17) is 14.2 Å². The van der Waals surface area contributed by atoms with E-state index in [2.05, 4.69) is 173 Å². The van der Waals surface area contributed by atoms with Gasteiger partial charge in [-0.25, -0.2) is 0 Å². The average molecular weight is 631 g/mol.